The van der Waals surface area contributed by atoms with Crippen LogP contribution in [0.2, 0.25) is 0 Å². The van der Waals surface area contributed by atoms with E-state index in [0.717, 1.165) is 12.3 Å². The summed E-state index contributed by atoms with van der Waals surface area (Å²) < 4.78 is 0. The molecule has 2 aliphatic rings. The molecule has 1 aliphatic carbocycles. The fraction of sp³-hybridized carbons (Fsp3) is 0.579. The molecule has 1 aliphatic heterocycles. The zero-order valence-corrected chi connectivity index (χ0v) is 14.2. The first-order chi connectivity index (χ1) is 10.1. The topological polar surface area (TPSA) is 3.24 Å². The Bertz CT molecular complexity index is 507. The quantitative estimate of drug-likeness (QED) is 0.683. The first kappa shape index (κ1) is 15.2. The number of likely N-dealkylation sites (tertiary alicyclic amines) is 1. The van der Waals surface area contributed by atoms with Crippen molar-refractivity contribution in [3.63, 3.8) is 0 Å². The van der Waals surface area contributed by atoms with Gasteiger partial charge in [-0.3, -0.25) is 0 Å². The summed E-state index contributed by atoms with van der Waals surface area (Å²) in [7, 11) is 0. The first-order valence-corrected chi connectivity index (χ1v) is 9.22. The van der Waals surface area contributed by atoms with E-state index in [1.54, 1.807) is 5.56 Å². The van der Waals surface area contributed by atoms with Gasteiger partial charge in [-0.25, -0.2) is 0 Å². The number of benzene rings is 1. The molecular formula is C19H27NS. The molecule has 1 aromatic carbocycles. The van der Waals surface area contributed by atoms with Crippen LogP contribution in [0.25, 0.3) is 0 Å². The van der Waals surface area contributed by atoms with Crippen molar-refractivity contribution in [3.8, 4) is 0 Å². The number of aryl methyl sites for hydroxylation is 1. The average Bonchev–Trinajstić information content (AvgIpc) is 3.06. The summed E-state index contributed by atoms with van der Waals surface area (Å²) in [4.78, 5) is 3.92. The maximum Gasteiger partial charge on any atom is 0.0124 e. The van der Waals surface area contributed by atoms with Crippen molar-refractivity contribution in [2.24, 2.45) is 5.92 Å². The molecular weight excluding hydrogens is 274 g/mol. The van der Waals surface area contributed by atoms with Crippen molar-refractivity contribution < 1.29 is 0 Å². The van der Waals surface area contributed by atoms with Gasteiger partial charge in [0.15, 0.2) is 0 Å². The third kappa shape index (κ3) is 3.22. The van der Waals surface area contributed by atoms with E-state index in [4.69, 9.17) is 0 Å². The summed E-state index contributed by atoms with van der Waals surface area (Å²) in [6, 6.07) is 9.43. The normalized spacial score (nSPS) is 27.6. The maximum absolute atomic E-state index is 3.96. The van der Waals surface area contributed by atoms with Crippen LogP contribution in [-0.2, 0) is 11.8 Å². The summed E-state index contributed by atoms with van der Waals surface area (Å²) >= 11 is 1.91. The van der Waals surface area contributed by atoms with Gasteiger partial charge in [-0.2, -0.15) is 0 Å². The molecule has 114 valence electrons. The van der Waals surface area contributed by atoms with E-state index in [2.05, 4.69) is 49.6 Å². The summed E-state index contributed by atoms with van der Waals surface area (Å²) in [6.07, 6.45) is 3.84. The lowest BCUT2D eigenvalue weighted by Gasteiger charge is -2.21. The molecule has 0 N–H and O–H groups in total. The Morgan fingerprint density at radius 3 is 2.81 bits per heavy atom. The highest BCUT2D eigenvalue weighted by Gasteiger charge is 2.60. The van der Waals surface area contributed by atoms with Crippen LogP contribution >= 0.6 is 11.8 Å². The maximum atomic E-state index is 3.96. The van der Waals surface area contributed by atoms with Crippen molar-refractivity contribution >= 4 is 11.8 Å². The molecule has 2 atom stereocenters. The third-order valence-corrected chi connectivity index (χ3v) is 6.11. The minimum Gasteiger partial charge on any atom is -0.302 e. The molecule has 21 heavy (non-hydrogen) atoms. The van der Waals surface area contributed by atoms with E-state index in [0.29, 0.717) is 5.41 Å². The molecule has 1 saturated heterocycles. The van der Waals surface area contributed by atoms with Crippen LogP contribution in [0.1, 0.15) is 37.8 Å². The van der Waals surface area contributed by atoms with Crippen LogP contribution in [0.15, 0.2) is 35.7 Å². The average molecular weight is 301 g/mol. The number of hydrogen-bond acceptors (Lipinski definition) is 2. The Hall–Kier alpha value is -0.730. The molecule has 1 nitrogen and oxygen atoms in total. The number of allylic oxidation sites excluding steroid dienone is 1. The van der Waals surface area contributed by atoms with Gasteiger partial charge in [-0.05, 0) is 60.4 Å². The fourth-order valence-electron chi connectivity index (χ4n) is 3.81. The minimum atomic E-state index is 0.508. The van der Waals surface area contributed by atoms with Crippen molar-refractivity contribution in [3.05, 3.63) is 46.9 Å². The van der Waals surface area contributed by atoms with Crippen LogP contribution < -0.4 is 0 Å². The van der Waals surface area contributed by atoms with E-state index in [1.807, 2.05) is 11.8 Å². The summed E-state index contributed by atoms with van der Waals surface area (Å²) in [6.45, 7) is 12.1. The lowest BCUT2D eigenvalue weighted by molar-refractivity contribution is 0.299. The number of rotatable bonds is 7. The Labute approximate surface area is 133 Å². The molecule has 1 saturated carbocycles. The Kier molecular flexibility index (Phi) is 4.46. The number of hydrogen-bond donors (Lipinski definition) is 0. The van der Waals surface area contributed by atoms with Gasteiger partial charge < -0.3 is 4.90 Å². The van der Waals surface area contributed by atoms with Crippen LogP contribution in [0.3, 0.4) is 0 Å². The van der Waals surface area contributed by atoms with Crippen LogP contribution in [0.4, 0.5) is 0 Å². The molecule has 1 heterocycles. The zero-order chi connectivity index (χ0) is 14.9. The van der Waals surface area contributed by atoms with Crippen molar-refractivity contribution in [2.75, 3.05) is 25.4 Å². The van der Waals surface area contributed by atoms with Gasteiger partial charge >= 0.3 is 0 Å². The smallest absolute Gasteiger partial charge is 0.0124 e. The van der Waals surface area contributed by atoms with Crippen LogP contribution in [0.5, 0.6) is 0 Å². The standard InChI is InChI=1S/C19H27NS/c1-4-16-6-8-17(9-7-16)19-12-18(19)13-20(14-19)10-5-11-21-15(2)3/h6-9,18H,2,4-5,10-14H2,1,3H3/t18?,19-/m1/s1. The zero-order valence-electron chi connectivity index (χ0n) is 13.4. The van der Waals surface area contributed by atoms with Crippen molar-refractivity contribution in [1.82, 2.24) is 4.90 Å². The van der Waals surface area contributed by atoms with Gasteiger partial charge in [0.05, 0.1) is 0 Å². The summed E-state index contributed by atoms with van der Waals surface area (Å²) in [5.74, 6) is 2.13. The SMILES string of the molecule is C=C(C)SCCCN1CC2C[C@]2(c2ccc(CC)cc2)C1. The van der Waals surface area contributed by atoms with Gasteiger partial charge in [0, 0.05) is 18.5 Å². The number of fused-ring (bicyclic) bond motifs is 1. The van der Waals surface area contributed by atoms with Crippen LogP contribution in [0, 0.1) is 5.92 Å². The second kappa shape index (κ2) is 6.18. The van der Waals surface area contributed by atoms with Crippen LogP contribution in [-0.4, -0.2) is 30.3 Å². The molecule has 0 radical (unpaired) electrons. The first-order valence-electron chi connectivity index (χ1n) is 8.24. The lowest BCUT2D eigenvalue weighted by atomic mass is 9.94. The summed E-state index contributed by atoms with van der Waals surface area (Å²) in [5, 5.41) is 0. The van der Waals surface area contributed by atoms with Gasteiger partial charge in [-0.1, -0.05) is 37.8 Å². The second-order valence-electron chi connectivity index (χ2n) is 6.75. The number of thioether (sulfide) groups is 1. The minimum absolute atomic E-state index is 0.508. The molecule has 3 rings (SSSR count). The van der Waals surface area contributed by atoms with Gasteiger partial charge in [0.1, 0.15) is 0 Å². The monoisotopic (exact) mass is 301 g/mol. The molecule has 1 unspecified atom stereocenters. The largest absolute Gasteiger partial charge is 0.302 e. The highest BCUT2D eigenvalue weighted by Crippen LogP contribution is 2.58. The highest BCUT2D eigenvalue weighted by molar-refractivity contribution is 8.03. The molecule has 1 aromatic rings. The van der Waals surface area contributed by atoms with E-state index in [9.17, 15) is 0 Å². The highest BCUT2D eigenvalue weighted by atomic mass is 32.2. The van der Waals surface area contributed by atoms with E-state index >= 15 is 0 Å². The van der Waals surface area contributed by atoms with Crippen molar-refractivity contribution in [1.29, 1.82) is 0 Å². The second-order valence-corrected chi connectivity index (χ2v) is 8.14. The van der Waals surface area contributed by atoms with E-state index in [-0.39, 0.29) is 0 Å². The van der Waals surface area contributed by atoms with Crippen molar-refractivity contribution in [2.45, 2.75) is 38.5 Å². The van der Waals surface area contributed by atoms with Gasteiger partial charge in [-0.15, -0.1) is 11.8 Å². The Balaban J connectivity index is 1.53. The molecule has 0 spiro atoms. The predicted octanol–water partition coefficient (Wildman–Crippen LogP) is 4.48. The van der Waals surface area contributed by atoms with E-state index in [1.165, 1.54) is 48.7 Å². The number of nitrogens with zero attached hydrogens (tertiary/aromatic N) is 1. The summed E-state index contributed by atoms with van der Waals surface area (Å²) in [5.41, 5.74) is 3.55. The molecule has 2 heteroatoms. The third-order valence-electron chi connectivity index (χ3n) is 5.12. The molecule has 2 fully saturated rings. The Morgan fingerprint density at radius 2 is 2.14 bits per heavy atom. The van der Waals surface area contributed by atoms with Gasteiger partial charge in [0.25, 0.3) is 0 Å². The predicted molar refractivity (Wildman–Crippen MR) is 93.9 cm³/mol. The lowest BCUT2D eigenvalue weighted by Crippen LogP contribution is -2.27. The van der Waals surface area contributed by atoms with E-state index < -0.39 is 0 Å². The number of piperidine rings is 1. The molecule has 0 aromatic heterocycles. The molecule has 0 amide bonds. The molecule has 0 bridgehead atoms. The Morgan fingerprint density at radius 1 is 1.38 bits per heavy atom. The van der Waals surface area contributed by atoms with Gasteiger partial charge in [0.2, 0.25) is 0 Å². The fourth-order valence-corrected chi connectivity index (χ4v) is 4.43.